The average molecular weight is 278 g/mol. The number of hydrogen-bond donors (Lipinski definition) is 2. The lowest BCUT2D eigenvalue weighted by Crippen LogP contribution is -2.31. The molecule has 0 saturated carbocycles. The highest BCUT2D eigenvalue weighted by atomic mass is 16.3. The van der Waals surface area contributed by atoms with Crippen LogP contribution in [0.25, 0.3) is 0 Å². The number of likely N-dealkylation sites (N-methyl/N-ethyl adjacent to an activating group) is 1. The molecule has 0 aliphatic rings. The Morgan fingerprint density at radius 2 is 2.10 bits per heavy atom. The van der Waals surface area contributed by atoms with Gasteiger partial charge in [-0.3, -0.25) is 9.69 Å². The average Bonchev–Trinajstić information content (AvgIpc) is 2.34. The van der Waals surface area contributed by atoms with Crippen LogP contribution >= 0.6 is 0 Å². The normalized spacial score (nSPS) is 12.5. The molecule has 1 aromatic rings. The fourth-order valence-corrected chi connectivity index (χ4v) is 2.06. The molecule has 1 unspecified atom stereocenters. The van der Waals surface area contributed by atoms with Crippen LogP contribution in [-0.4, -0.2) is 42.2 Å². The van der Waals surface area contributed by atoms with E-state index in [9.17, 15) is 9.90 Å². The van der Waals surface area contributed by atoms with Gasteiger partial charge < -0.3 is 10.4 Å². The Bertz CT molecular complexity index is 444. The maximum Gasteiger partial charge on any atom is 0.238 e. The number of carbonyl (C=O) groups excluding carboxylic acids is 1. The van der Waals surface area contributed by atoms with Crippen molar-refractivity contribution >= 4 is 11.6 Å². The van der Waals surface area contributed by atoms with Gasteiger partial charge >= 0.3 is 0 Å². The van der Waals surface area contributed by atoms with Crippen LogP contribution in [0.4, 0.5) is 5.69 Å². The minimum absolute atomic E-state index is 0.00162. The van der Waals surface area contributed by atoms with Crippen LogP contribution in [0.15, 0.2) is 18.2 Å². The molecule has 1 atom stereocenters. The SMILES string of the molecule is Cc1cccc(NC(=O)CN(C)CCCC(C)O)c1C. The van der Waals surface area contributed by atoms with E-state index in [1.54, 1.807) is 6.92 Å². The van der Waals surface area contributed by atoms with Crippen molar-refractivity contribution in [1.82, 2.24) is 4.90 Å². The van der Waals surface area contributed by atoms with Crippen molar-refractivity contribution in [2.45, 2.75) is 39.7 Å². The molecule has 0 saturated heterocycles. The highest BCUT2D eigenvalue weighted by Gasteiger charge is 2.09. The third-order valence-corrected chi connectivity index (χ3v) is 3.45. The molecule has 2 N–H and O–H groups in total. The van der Waals surface area contributed by atoms with E-state index in [-0.39, 0.29) is 12.0 Å². The lowest BCUT2D eigenvalue weighted by Gasteiger charge is -2.17. The molecular weight excluding hydrogens is 252 g/mol. The maximum atomic E-state index is 12.0. The van der Waals surface area contributed by atoms with Crippen LogP contribution in [-0.2, 0) is 4.79 Å². The molecule has 0 fully saturated rings. The van der Waals surface area contributed by atoms with E-state index in [0.717, 1.165) is 30.6 Å². The molecule has 4 heteroatoms. The number of aryl methyl sites for hydroxylation is 1. The van der Waals surface area contributed by atoms with Crippen molar-refractivity contribution in [2.75, 3.05) is 25.5 Å². The maximum absolute atomic E-state index is 12.0. The molecule has 4 nitrogen and oxygen atoms in total. The van der Waals surface area contributed by atoms with Crippen LogP contribution in [0.3, 0.4) is 0 Å². The summed E-state index contributed by atoms with van der Waals surface area (Å²) in [5.41, 5.74) is 3.16. The summed E-state index contributed by atoms with van der Waals surface area (Å²) < 4.78 is 0. The second-order valence-electron chi connectivity index (χ2n) is 5.52. The van der Waals surface area contributed by atoms with Gasteiger partial charge in [-0.1, -0.05) is 12.1 Å². The molecule has 0 aliphatic carbocycles. The number of carbonyl (C=O) groups is 1. The first-order chi connectivity index (χ1) is 9.40. The van der Waals surface area contributed by atoms with Gasteiger partial charge in [0, 0.05) is 5.69 Å². The van der Waals surface area contributed by atoms with Gasteiger partial charge in [-0.15, -0.1) is 0 Å². The van der Waals surface area contributed by atoms with Crippen LogP contribution in [0, 0.1) is 13.8 Å². The first kappa shape index (κ1) is 16.7. The van der Waals surface area contributed by atoms with Gasteiger partial charge in [0.05, 0.1) is 12.6 Å². The number of hydrogen-bond acceptors (Lipinski definition) is 3. The summed E-state index contributed by atoms with van der Waals surface area (Å²) in [4.78, 5) is 14.0. The molecule has 112 valence electrons. The monoisotopic (exact) mass is 278 g/mol. The lowest BCUT2D eigenvalue weighted by molar-refractivity contribution is -0.117. The summed E-state index contributed by atoms with van der Waals surface area (Å²) in [6.07, 6.45) is 1.39. The molecule has 1 aromatic carbocycles. The second-order valence-corrected chi connectivity index (χ2v) is 5.52. The number of rotatable bonds is 7. The number of aliphatic hydroxyl groups is 1. The summed E-state index contributed by atoms with van der Waals surface area (Å²) in [5, 5.41) is 12.2. The smallest absolute Gasteiger partial charge is 0.238 e. The molecule has 0 aromatic heterocycles. The summed E-state index contributed by atoms with van der Waals surface area (Å²) in [6, 6.07) is 5.91. The van der Waals surface area contributed by atoms with Gasteiger partial charge in [-0.25, -0.2) is 0 Å². The van der Waals surface area contributed by atoms with Gasteiger partial charge in [0.15, 0.2) is 0 Å². The van der Waals surface area contributed by atoms with Crippen molar-refractivity contribution in [3.63, 3.8) is 0 Å². The Hall–Kier alpha value is -1.39. The molecule has 20 heavy (non-hydrogen) atoms. The Morgan fingerprint density at radius 3 is 2.75 bits per heavy atom. The van der Waals surface area contributed by atoms with E-state index in [4.69, 9.17) is 0 Å². The molecule has 1 rings (SSSR count). The lowest BCUT2D eigenvalue weighted by atomic mass is 10.1. The quantitative estimate of drug-likeness (QED) is 0.805. The van der Waals surface area contributed by atoms with Crippen LogP contribution < -0.4 is 5.32 Å². The van der Waals surface area contributed by atoms with E-state index in [1.165, 1.54) is 5.56 Å². The largest absolute Gasteiger partial charge is 0.393 e. The zero-order valence-electron chi connectivity index (χ0n) is 12.9. The minimum Gasteiger partial charge on any atom is -0.393 e. The molecule has 0 heterocycles. The predicted octanol–water partition coefficient (Wildman–Crippen LogP) is 2.33. The standard InChI is InChI=1S/C16H26N2O2/c1-12-7-5-9-15(14(12)3)17-16(20)11-18(4)10-6-8-13(2)19/h5,7,9,13,19H,6,8,10-11H2,1-4H3,(H,17,20). The number of benzene rings is 1. The van der Waals surface area contributed by atoms with Crippen molar-refractivity contribution < 1.29 is 9.90 Å². The Morgan fingerprint density at radius 1 is 1.40 bits per heavy atom. The predicted molar refractivity (Wildman–Crippen MR) is 83.0 cm³/mol. The number of nitrogens with zero attached hydrogens (tertiary/aromatic N) is 1. The molecule has 0 radical (unpaired) electrons. The second kappa shape index (κ2) is 8.02. The van der Waals surface area contributed by atoms with Crippen molar-refractivity contribution in [3.05, 3.63) is 29.3 Å². The first-order valence-electron chi connectivity index (χ1n) is 7.13. The van der Waals surface area contributed by atoms with E-state index >= 15 is 0 Å². The third kappa shape index (κ3) is 5.72. The highest BCUT2D eigenvalue weighted by Crippen LogP contribution is 2.17. The third-order valence-electron chi connectivity index (χ3n) is 3.45. The minimum atomic E-state index is -0.271. The molecular formula is C16H26N2O2. The molecule has 0 bridgehead atoms. The molecule has 0 spiro atoms. The zero-order valence-corrected chi connectivity index (χ0v) is 12.9. The summed E-state index contributed by atoms with van der Waals surface area (Å²) in [7, 11) is 1.92. The van der Waals surface area contributed by atoms with Crippen LogP contribution in [0.5, 0.6) is 0 Å². The Balaban J connectivity index is 2.41. The van der Waals surface area contributed by atoms with E-state index in [1.807, 2.05) is 44.0 Å². The zero-order chi connectivity index (χ0) is 15.1. The van der Waals surface area contributed by atoms with Crippen LogP contribution in [0.1, 0.15) is 30.9 Å². The van der Waals surface area contributed by atoms with Gasteiger partial charge in [-0.2, -0.15) is 0 Å². The van der Waals surface area contributed by atoms with E-state index in [2.05, 4.69) is 5.32 Å². The van der Waals surface area contributed by atoms with Crippen LogP contribution in [0.2, 0.25) is 0 Å². The number of nitrogens with one attached hydrogen (secondary N) is 1. The first-order valence-corrected chi connectivity index (χ1v) is 7.13. The number of anilines is 1. The van der Waals surface area contributed by atoms with Gasteiger partial charge in [0.25, 0.3) is 0 Å². The fourth-order valence-electron chi connectivity index (χ4n) is 2.06. The summed E-state index contributed by atoms with van der Waals surface area (Å²) in [6.45, 7) is 7.01. The Kier molecular flexibility index (Phi) is 6.68. The van der Waals surface area contributed by atoms with Gasteiger partial charge in [0.2, 0.25) is 5.91 Å². The van der Waals surface area contributed by atoms with E-state index in [0.29, 0.717) is 6.54 Å². The number of aliphatic hydroxyl groups excluding tert-OH is 1. The highest BCUT2D eigenvalue weighted by molar-refractivity contribution is 5.93. The topological polar surface area (TPSA) is 52.6 Å². The summed E-state index contributed by atoms with van der Waals surface area (Å²) >= 11 is 0. The Labute approximate surface area is 121 Å². The molecule has 1 amide bonds. The van der Waals surface area contributed by atoms with E-state index < -0.39 is 0 Å². The van der Waals surface area contributed by atoms with Gasteiger partial charge in [-0.05, 0) is 64.4 Å². The fraction of sp³-hybridized carbons (Fsp3) is 0.562. The van der Waals surface area contributed by atoms with Crippen molar-refractivity contribution in [2.24, 2.45) is 0 Å². The van der Waals surface area contributed by atoms with Crippen molar-refractivity contribution in [3.8, 4) is 0 Å². The number of amides is 1. The van der Waals surface area contributed by atoms with Crippen molar-refractivity contribution in [1.29, 1.82) is 0 Å². The summed E-state index contributed by atoms with van der Waals surface area (Å²) in [5.74, 6) is -0.00162. The molecule has 0 aliphatic heterocycles. The van der Waals surface area contributed by atoms with Gasteiger partial charge in [0.1, 0.15) is 0 Å².